The zero-order chi connectivity index (χ0) is 13.1. The topological polar surface area (TPSA) is 49.3 Å². The molecule has 0 saturated carbocycles. The SMILES string of the molecule is Cc1cc(F)ccc1NC(=O)c1cccc(O)c1. The number of benzene rings is 2. The third-order valence-electron chi connectivity index (χ3n) is 2.54. The van der Waals surface area contributed by atoms with E-state index in [-0.39, 0.29) is 17.5 Å². The Bertz CT molecular complexity index is 596. The van der Waals surface area contributed by atoms with Crippen molar-refractivity contribution in [1.29, 1.82) is 0 Å². The molecule has 0 bridgehead atoms. The first-order chi connectivity index (χ1) is 8.56. The van der Waals surface area contributed by atoms with E-state index in [1.807, 2.05) is 0 Å². The van der Waals surface area contributed by atoms with Gasteiger partial charge in [0.25, 0.3) is 5.91 Å². The summed E-state index contributed by atoms with van der Waals surface area (Å²) in [5.41, 5.74) is 1.53. The van der Waals surface area contributed by atoms with Gasteiger partial charge in [-0.3, -0.25) is 4.79 Å². The molecule has 0 saturated heterocycles. The number of hydrogen-bond donors (Lipinski definition) is 2. The van der Waals surface area contributed by atoms with E-state index in [2.05, 4.69) is 5.32 Å². The molecule has 2 N–H and O–H groups in total. The second-order valence-electron chi connectivity index (χ2n) is 3.96. The molecule has 0 spiro atoms. The van der Waals surface area contributed by atoms with Gasteiger partial charge in [0.2, 0.25) is 0 Å². The lowest BCUT2D eigenvalue weighted by atomic mass is 10.1. The summed E-state index contributed by atoms with van der Waals surface area (Å²) >= 11 is 0. The predicted molar refractivity (Wildman–Crippen MR) is 67.2 cm³/mol. The van der Waals surface area contributed by atoms with E-state index in [0.717, 1.165) is 0 Å². The Hall–Kier alpha value is -2.36. The summed E-state index contributed by atoms with van der Waals surface area (Å²) in [7, 11) is 0. The van der Waals surface area contributed by atoms with Crippen molar-refractivity contribution < 1.29 is 14.3 Å². The Morgan fingerprint density at radius 3 is 2.67 bits per heavy atom. The van der Waals surface area contributed by atoms with Crippen molar-refractivity contribution in [2.45, 2.75) is 6.92 Å². The van der Waals surface area contributed by atoms with Crippen molar-refractivity contribution in [1.82, 2.24) is 0 Å². The highest BCUT2D eigenvalue weighted by molar-refractivity contribution is 6.04. The molecule has 0 aliphatic heterocycles. The lowest BCUT2D eigenvalue weighted by Crippen LogP contribution is -2.12. The monoisotopic (exact) mass is 245 g/mol. The molecule has 18 heavy (non-hydrogen) atoms. The summed E-state index contributed by atoms with van der Waals surface area (Å²) < 4.78 is 12.9. The molecular weight excluding hydrogens is 233 g/mol. The van der Waals surface area contributed by atoms with E-state index >= 15 is 0 Å². The third-order valence-corrected chi connectivity index (χ3v) is 2.54. The van der Waals surface area contributed by atoms with Gasteiger partial charge >= 0.3 is 0 Å². The van der Waals surface area contributed by atoms with Crippen LogP contribution in [0.25, 0.3) is 0 Å². The predicted octanol–water partition coefficient (Wildman–Crippen LogP) is 3.09. The molecule has 0 radical (unpaired) electrons. The number of phenols is 1. The number of aromatic hydroxyl groups is 1. The van der Waals surface area contributed by atoms with Gasteiger partial charge in [0.1, 0.15) is 11.6 Å². The molecule has 0 aliphatic rings. The van der Waals surface area contributed by atoms with Crippen molar-refractivity contribution in [2.24, 2.45) is 0 Å². The number of hydrogen-bond acceptors (Lipinski definition) is 2. The van der Waals surface area contributed by atoms with E-state index in [1.165, 1.54) is 30.3 Å². The van der Waals surface area contributed by atoms with Crippen LogP contribution >= 0.6 is 0 Å². The average molecular weight is 245 g/mol. The van der Waals surface area contributed by atoms with Crippen molar-refractivity contribution in [3.8, 4) is 5.75 Å². The molecule has 0 atom stereocenters. The maximum absolute atomic E-state index is 12.9. The number of halogens is 1. The van der Waals surface area contributed by atoms with Gasteiger partial charge in [0, 0.05) is 11.3 Å². The molecule has 3 nitrogen and oxygen atoms in total. The lowest BCUT2D eigenvalue weighted by Gasteiger charge is -2.08. The van der Waals surface area contributed by atoms with Gasteiger partial charge < -0.3 is 10.4 Å². The summed E-state index contributed by atoms with van der Waals surface area (Å²) in [5, 5.41) is 12.0. The highest BCUT2D eigenvalue weighted by Crippen LogP contribution is 2.18. The molecule has 1 amide bonds. The van der Waals surface area contributed by atoms with Gasteiger partial charge in [-0.15, -0.1) is 0 Å². The molecular formula is C14H12FNO2. The van der Waals surface area contributed by atoms with E-state index in [4.69, 9.17) is 0 Å². The van der Waals surface area contributed by atoms with Crippen LogP contribution < -0.4 is 5.32 Å². The molecule has 0 fully saturated rings. The lowest BCUT2D eigenvalue weighted by molar-refractivity contribution is 0.102. The number of aryl methyl sites for hydroxylation is 1. The zero-order valence-corrected chi connectivity index (χ0v) is 9.77. The summed E-state index contributed by atoms with van der Waals surface area (Å²) in [6.45, 7) is 1.71. The van der Waals surface area contributed by atoms with Gasteiger partial charge in [-0.05, 0) is 48.9 Å². The largest absolute Gasteiger partial charge is 0.508 e. The average Bonchev–Trinajstić information content (AvgIpc) is 2.32. The van der Waals surface area contributed by atoms with Gasteiger partial charge in [-0.1, -0.05) is 6.07 Å². The standard InChI is InChI=1S/C14H12FNO2/c1-9-7-11(15)5-6-13(9)16-14(18)10-3-2-4-12(17)8-10/h2-8,17H,1H3,(H,16,18). The van der Waals surface area contributed by atoms with Gasteiger partial charge in [-0.2, -0.15) is 0 Å². The summed E-state index contributed by atoms with van der Waals surface area (Å²) in [6.07, 6.45) is 0. The minimum atomic E-state index is -0.347. The van der Waals surface area contributed by atoms with E-state index in [1.54, 1.807) is 19.1 Å². The van der Waals surface area contributed by atoms with Crippen molar-refractivity contribution in [3.63, 3.8) is 0 Å². The van der Waals surface area contributed by atoms with Crippen LogP contribution in [0.1, 0.15) is 15.9 Å². The summed E-state index contributed by atoms with van der Waals surface area (Å²) in [5.74, 6) is -0.665. The zero-order valence-electron chi connectivity index (χ0n) is 9.77. The fourth-order valence-corrected chi connectivity index (χ4v) is 1.61. The number of carbonyl (C=O) groups excluding carboxylic acids is 1. The highest BCUT2D eigenvalue weighted by Gasteiger charge is 2.08. The second-order valence-corrected chi connectivity index (χ2v) is 3.96. The summed E-state index contributed by atoms with van der Waals surface area (Å²) in [4.78, 5) is 11.9. The van der Waals surface area contributed by atoms with E-state index in [9.17, 15) is 14.3 Å². The van der Waals surface area contributed by atoms with E-state index < -0.39 is 0 Å². The first-order valence-corrected chi connectivity index (χ1v) is 5.43. The van der Waals surface area contributed by atoms with E-state index in [0.29, 0.717) is 16.8 Å². The number of anilines is 1. The molecule has 2 rings (SSSR count). The third kappa shape index (κ3) is 2.66. The molecule has 0 aromatic heterocycles. The van der Waals surface area contributed by atoms with Crippen molar-refractivity contribution >= 4 is 11.6 Å². The van der Waals surface area contributed by atoms with Crippen LogP contribution in [0.5, 0.6) is 5.75 Å². The van der Waals surface area contributed by atoms with Crippen LogP contribution in [0, 0.1) is 12.7 Å². The van der Waals surface area contributed by atoms with Crippen LogP contribution in [0.15, 0.2) is 42.5 Å². The molecule has 2 aromatic rings. The van der Waals surface area contributed by atoms with Gasteiger partial charge in [0.05, 0.1) is 0 Å². The molecule has 0 aliphatic carbocycles. The second kappa shape index (κ2) is 4.87. The Kier molecular flexibility index (Phi) is 3.28. The van der Waals surface area contributed by atoms with Crippen molar-refractivity contribution in [2.75, 3.05) is 5.32 Å². The van der Waals surface area contributed by atoms with Gasteiger partial charge in [0.15, 0.2) is 0 Å². The Balaban J connectivity index is 2.21. The molecule has 92 valence electrons. The maximum atomic E-state index is 12.9. The Morgan fingerprint density at radius 2 is 2.00 bits per heavy atom. The highest BCUT2D eigenvalue weighted by atomic mass is 19.1. The first kappa shape index (κ1) is 12.1. The Morgan fingerprint density at radius 1 is 1.22 bits per heavy atom. The molecule has 4 heteroatoms. The molecule has 2 aromatic carbocycles. The maximum Gasteiger partial charge on any atom is 0.255 e. The number of amides is 1. The quantitative estimate of drug-likeness (QED) is 0.854. The van der Waals surface area contributed by atoms with Crippen LogP contribution in [0.4, 0.5) is 10.1 Å². The minimum absolute atomic E-state index is 0.0264. The molecule has 0 heterocycles. The summed E-state index contributed by atoms with van der Waals surface area (Å²) in [6, 6.07) is 10.2. The fraction of sp³-hybridized carbons (Fsp3) is 0.0714. The number of rotatable bonds is 2. The fourth-order valence-electron chi connectivity index (χ4n) is 1.61. The van der Waals surface area contributed by atoms with Crippen LogP contribution in [-0.2, 0) is 0 Å². The van der Waals surface area contributed by atoms with Gasteiger partial charge in [-0.25, -0.2) is 4.39 Å². The first-order valence-electron chi connectivity index (χ1n) is 5.43. The normalized spacial score (nSPS) is 10.1. The van der Waals surface area contributed by atoms with Crippen molar-refractivity contribution in [3.05, 3.63) is 59.4 Å². The number of nitrogens with one attached hydrogen (secondary N) is 1. The number of carbonyl (C=O) groups is 1. The van der Waals surface area contributed by atoms with Crippen LogP contribution in [-0.4, -0.2) is 11.0 Å². The van der Waals surface area contributed by atoms with Crippen LogP contribution in [0.2, 0.25) is 0 Å². The van der Waals surface area contributed by atoms with Crippen LogP contribution in [0.3, 0.4) is 0 Å². The number of phenolic OH excluding ortho intramolecular Hbond substituents is 1. The minimum Gasteiger partial charge on any atom is -0.508 e. The smallest absolute Gasteiger partial charge is 0.255 e. The molecule has 0 unspecified atom stereocenters. The Labute approximate surface area is 104 Å².